The van der Waals surface area contributed by atoms with E-state index in [9.17, 15) is 14.4 Å². The monoisotopic (exact) mass is 697 g/mol. The summed E-state index contributed by atoms with van der Waals surface area (Å²) in [6, 6.07) is 12.6. The van der Waals surface area contributed by atoms with E-state index in [4.69, 9.17) is 28.7 Å². The Bertz CT molecular complexity index is 1500. The smallest absolute Gasteiger partial charge is 0.243 e. The fourth-order valence-electron chi connectivity index (χ4n) is 4.83. The van der Waals surface area contributed by atoms with Crippen LogP contribution in [0.25, 0.3) is 10.9 Å². The molecule has 15 heteroatoms. The number of halogens is 1. The van der Waals surface area contributed by atoms with Gasteiger partial charge in [-0.1, -0.05) is 52.3 Å². The van der Waals surface area contributed by atoms with E-state index in [1.807, 2.05) is 48.5 Å². The fourth-order valence-corrected chi connectivity index (χ4v) is 5.19. The van der Waals surface area contributed by atoms with Gasteiger partial charge in [0.2, 0.25) is 17.7 Å². The molecule has 0 saturated carbocycles. The van der Waals surface area contributed by atoms with Gasteiger partial charge in [-0.2, -0.15) is 0 Å². The molecule has 1 heterocycles. The molecule has 248 valence electrons. The number of nitrogens with two attached hydrogens (primary N) is 5. The Morgan fingerprint density at radius 3 is 2.15 bits per heavy atom. The zero-order valence-electron chi connectivity index (χ0n) is 25.7. The summed E-state index contributed by atoms with van der Waals surface area (Å²) < 4.78 is 0.893. The van der Waals surface area contributed by atoms with Crippen molar-refractivity contribution >= 4 is 56.5 Å². The maximum atomic E-state index is 13.8. The minimum atomic E-state index is -1.03. The molecule has 0 unspecified atom stereocenters. The van der Waals surface area contributed by atoms with E-state index < -0.39 is 29.9 Å². The van der Waals surface area contributed by atoms with Gasteiger partial charge in [-0.15, -0.1) is 0 Å². The normalized spacial score (nSPS) is 12.8. The van der Waals surface area contributed by atoms with Gasteiger partial charge in [0.05, 0.1) is 6.04 Å². The molecule has 2 aromatic carbocycles. The minimum absolute atomic E-state index is 0.0440. The zero-order valence-corrected chi connectivity index (χ0v) is 27.3. The van der Waals surface area contributed by atoms with Crippen LogP contribution in [0.5, 0.6) is 0 Å². The molecule has 3 atom stereocenters. The molecule has 0 radical (unpaired) electrons. The first-order chi connectivity index (χ1) is 22.0. The minimum Gasteiger partial charge on any atom is -0.370 e. The van der Waals surface area contributed by atoms with Crippen molar-refractivity contribution in [1.82, 2.24) is 20.9 Å². The number of nitrogens with zero attached hydrogens (tertiary/aromatic N) is 2. The summed E-state index contributed by atoms with van der Waals surface area (Å²) in [5, 5.41) is 9.46. The lowest BCUT2D eigenvalue weighted by Gasteiger charge is -2.24. The quantitative estimate of drug-likeness (QED) is 0.0504. The number of carbonyl (C=O) groups is 3. The van der Waals surface area contributed by atoms with Gasteiger partial charge >= 0.3 is 0 Å². The molecule has 0 saturated heterocycles. The molecule has 14 nitrogen and oxygen atoms in total. The van der Waals surface area contributed by atoms with E-state index in [1.165, 1.54) is 0 Å². The third-order valence-corrected chi connectivity index (χ3v) is 7.72. The summed E-state index contributed by atoms with van der Waals surface area (Å²) in [5.41, 5.74) is 30.5. The van der Waals surface area contributed by atoms with Crippen molar-refractivity contribution in [2.45, 2.75) is 56.7 Å². The molecule has 14 N–H and O–H groups in total. The van der Waals surface area contributed by atoms with Crippen LogP contribution in [0.4, 0.5) is 0 Å². The molecule has 0 bridgehead atoms. The first-order valence-corrected chi connectivity index (χ1v) is 15.9. The van der Waals surface area contributed by atoms with Crippen molar-refractivity contribution in [3.05, 3.63) is 70.3 Å². The van der Waals surface area contributed by atoms with E-state index in [2.05, 4.69) is 46.8 Å². The number of aromatic amines is 1. The van der Waals surface area contributed by atoms with E-state index in [-0.39, 0.29) is 37.2 Å². The highest BCUT2D eigenvalue weighted by molar-refractivity contribution is 9.10. The molecule has 3 amide bonds. The second kappa shape index (κ2) is 18.4. The van der Waals surface area contributed by atoms with Gasteiger partial charge in [0.1, 0.15) is 12.1 Å². The van der Waals surface area contributed by atoms with Crippen LogP contribution in [0.3, 0.4) is 0 Å². The van der Waals surface area contributed by atoms with Crippen LogP contribution in [-0.2, 0) is 27.2 Å². The Hall–Kier alpha value is -4.63. The number of hydrogen-bond donors (Lipinski definition) is 9. The second-order valence-corrected chi connectivity index (χ2v) is 11.8. The number of amides is 3. The summed E-state index contributed by atoms with van der Waals surface area (Å²) in [7, 11) is 0. The molecule has 3 rings (SSSR count). The van der Waals surface area contributed by atoms with Gasteiger partial charge in [-0.05, 0) is 55.4 Å². The van der Waals surface area contributed by atoms with E-state index in [0.29, 0.717) is 38.8 Å². The Balaban J connectivity index is 1.77. The number of benzene rings is 2. The van der Waals surface area contributed by atoms with Crippen LogP contribution in [0, 0.1) is 0 Å². The third-order valence-electron chi connectivity index (χ3n) is 7.22. The summed E-state index contributed by atoms with van der Waals surface area (Å²) in [6.45, 7) is 0.980. The molecular weight excluding hydrogens is 654 g/mol. The predicted molar refractivity (Wildman–Crippen MR) is 185 cm³/mol. The molecular formula is C31H44BrN11O3. The number of fused-ring (bicyclic) bond motifs is 1. The Kier molecular flexibility index (Phi) is 14.3. The topological polar surface area (TPSA) is 258 Å². The van der Waals surface area contributed by atoms with Gasteiger partial charge in [0, 0.05) is 47.6 Å². The average molecular weight is 699 g/mol. The van der Waals surface area contributed by atoms with Crippen molar-refractivity contribution in [3.8, 4) is 0 Å². The first-order valence-electron chi connectivity index (χ1n) is 15.1. The number of carbonyl (C=O) groups excluding carboxylic acids is 3. The maximum Gasteiger partial charge on any atom is 0.243 e. The van der Waals surface area contributed by atoms with E-state index >= 15 is 0 Å². The Labute approximate surface area is 276 Å². The van der Waals surface area contributed by atoms with Crippen molar-refractivity contribution in [2.24, 2.45) is 38.7 Å². The largest absolute Gasteiger partial charge is 0.370 e. The van der Waals surface area contributed by atoms with Crippen LogP contribution in [-0.4, -0.2) is 72.4 Å². The van der Waals surface area contributed by atoms with Crippen LogP contribution < -0.4 is 44.6 Å². The molecule has 0 aliphatic heterocycles. The lowest BCUT2D eigenvalue weighted by atomic mass is 10.0. The molecule has 0 fully saturated rings. The van der Waals surface area contributed by atoms with Crippen molar-refractivity contribution in [3.63, 3.8) is 0 Å². The van der Waals surface area contributed by atoms with Gasteiger partial charge in [0.15, 0.2) is 11.9 Å². The van der Waals surface area contributed by atoms with Crippen molar-refractivity contribution < 1.29 is 14.4 Å². The number of aliphatic imine (C=N–C) groups is 2. The number of nitrogens with one attached hydrogen (secondary N) is 4. The molecule has 1 aromatic heterocycles. The number of aromatic nitrogens is 1. The second-order valence-electron chi connectivity index (χ2n) is 10.9. The van der Waals surface area contributed by atoms with Crippen LogP contribution >= 0.6 is 15.9 Å². The number of H-pyrrole nitrogens is 1. The standard InChI is InChI=1S/C31H44BrN11O3/c32-21-10-11-22-20(18-41-25(22)17-21)16-26(43-27(44)23(33)8-4-13-39-30(34)35)29(46)42-24(9-5-14-40-31(36)37)28(45)38-15-12-19-6-2-1-3-7-19/h1-3,6-7,10-11,17-18,23-24,26,41H,4-5,8-9,12-16,33H2,(H,38,45)(H,42,46)(H,43,44)(H4,34,35,39)(H4,36,37,40)/t23-,24-,26-/m0/s1. The third kappa shape index (κ3) is 12.0. The highest BCUT2D eigenvalue weighted by Gasteiger charge is 2.29. The van der Waals surface area contributed by atoms with E-state index in [1.54, 1.807) is 6.20 Å². The predicted octanol–water partition coefficient (Wildman–Crippen LogP) is 0.236. The Morgan fingerprint density at radius 1 is 0.826 bits per heavy atom. The lowest BCUT2D eigenvalue weighted by molar-refractivity contribution is -0.132. The maximum absolute atomic E-state index is 13.8. The van der Waals surface area contributed by atoms with Crippen LogP contribution in [0.1, 0.15) is 36.8 Å². The zero-order chi connectivity index (χ0) is 33.5. The number of rotatable bonds is 18. The lowest BCUT2D eigenvalue weighted by Crippen LogP contribution is -2.56. The highest BCUT2D eigenvalue weighted by atomic mass is 79.9. The molecule has 46 heavy (non-hydrogen) atoms. The van der Waals surface area contributed by atoms with Crippen LogP contribution in [0.2, 0.25) is 0 Å². The summed E-state index contributed by atoms with van der Waals surface area (Å²) in [5.74, 6) is -1.50. The Morgan fingerprint density at radius 2 is 1.48 bits per heavy atom. The average Bonchev–Trinajstić information content (AvgIpc) is 3.41. The summed E-state index contributed by atoms with van der Waals surface area (Å²) in [4.78, 5) is 51.4. The first kappa shape index (κ1) is 35.8. The van der Waals surface area contributed by atoms with Crippen molar-refractivity contribution in [2.75, 3.05) is 19.6 Å². The molecule has 0 spiro atoms. The van der Waals surface area contributed by atoms with Gasteiger partial charge in [-0.3, -0.25) is 24.4 Å². The van der Waals surface area contributed by atoms with Gasteiger partial charge in [0.25, 0.3) is 0 Å². The molecule has 0 aliphatic carbocycles. The van der Waals surface area contributed by atoms with Crippen molar-refractivity contribution in [1.29, 1.82) is 0 Å². The van der Waals surface area contributed by atoms with E-state index in [0.717, 1.165) is 26.5 Å². The van der Waals surface area contributed by atoms with Gasteiger partial charge < -0.3 is 49.6 Å². The molecule has 3 aromatic rings. The fraction of sp³-hybridized carbons (Fsp3) is 0.387. The molecule has 0 aliphatic rings. The number of hydrogen-bond acceptors (Lipinski definition) is 6. The number of guanidine groups is 2. The van der Waals surface area contributed by atoms with Gasteiger partial charge in [-0.25, -0.2) is 0 Å². The highest BCUT2D eigenvalue weighted by Crippen LogP contribution is 2.23. The summed E-state index contributed by atoms with van der Waals surface area (Å²) in [6.07, 6.45) is 4.04. The SMILES string of the molecule is NC(N)=NCCC[C@H](NC(=O)[C@H](Cc1c[nH]c2cc(Br)ccc12)NC(=O)[C@@H](N)CCCN=C(N)N)C(=O)NCCc1ccccc1. The van der Waals surface area contributed by atoms with Crippen LogP contribution in [0.15, 0.2) is 69.2 Å². The summed E-state index contributed by atoms with van der Waals surface area (Å²) >= 11 is 3.47.